The van der Waals surface area contributed by atoms with E-state index in [0.717, 1.165) is 11.1 Å². The maximum Gasteiger partial charge on any atom is 0.189 e. The minimum Gasteiger partial charge on any atom is -0.329 e. The lowest BCUT2D eigenvalue weighted by atomic mass is 10.1. The molecule has 0 aromatic rings. The molecule has 0 bridgehead atoms. The second kappa shape index (κ2) is 13.6. The van der Waals surface area contributed by atoms with Gasteiger partial charge in [-0.3, -0.25) is 0 Å². The smallest absolute Gasteiger partial charge is 0.189 e. The van der Waals surface area contributed by atoms with Gasteiger partial charge in [0.05, 0.1) is 27.7 Å². The van der Waals surface area contributed by atoms with Gasteiger partial charge < -0.3 is 9.22 Å². The second-order valence-corrected chi connectivity index (χ2v) is 7.48. The molecule has 0 amide bonds. The van der Waals surface area contributed by atoms with E-state index in [0.29, 0.717) is 6.23 Å². The van der Waals surface area contributed by atoms with Gasteiger partial charge >= 0.3 is 0 Å². The maximum absolute atomic E-state index is 5.87. The lowest BCUT2D eigenvalue weighted by molar-refractivity contribution is -0.917. The third-order valence-corrected chi connectivity index (χ3v) is 4.45. The molecule has 21 heavy (non-hydrogen) atoms. The first-order valence-electron chi connectivity index (χ1n) is 9.41. The van der Waals surface area contributed by atoms with Crippen molar-refractivity contribution >= 4 is 0 Å². The molecule has 0 aliphatic heterocycles. The summed E-state index contributed by atoms with van der Waals surface area (Å²) in [6.07, 6.45) is 17.1. The number of unbranched alkanes of at least 4 members (excludes halogenated alkanes) is 11. The van der Waals surface area contributed by atoms with Crippen molar-refractivity contribution in [3.63, 3.8) is 0 Å². The van der Waals surface area contributed by atoms with Crippen molar-refractivity contribution in [2.24, 2.45) is 0 Å². The van der Waals surface area contributed by atoms with Crippen molar-refractivity contribution < 1.29 is 9.22 Å². The van der Waals surface area contributed by atoms with Gasteiger partial charge in [-0.25, -0.2) is 0 Å². The summed E-state index contributed by atoms with van der Waals surface area (Å²) in [5.41, 5.74) is 0. The summed E-state index contributed by atoms with van der Waals surface area (Å²) < 4.78 is 6.76. The minimum atomic E-state index is 0.303. The Morgan fingerprint density at radius 1 is 0.667 bits per heavy atom. The van der Waals surface area contributed by atoms with Gasteiger partial charge in [0.15, 0.2) is 6.23 Å². The van der Waals surface area contributed by atoms with Crippen LogP contribution < -0.4 is 0 Å². The van der Waals surface area contributed by atoms with Gasteiger partial charge in [0, 0.05) is 6.92 Å². The number of nitrogens with zero attached hydrogens (tertiary/aromatic N) is 1. The van der Waals surface area contributed by atoms with E-state index >= 15 is 0 Å². The molecule has 2 heteroatoms. The molecular formula is C19H42NO+. The zero-order valence-corrected chi connectivity index (χ0v) is 15.6. The van der Waals surface area contributed by atoms with Crippen LogP contribution in [0.4, 0.5) is 0 Å². The molecule has 0 saturated carbocycles. The molecule has 0 fully saturated rings. The maximum atomic E-state index is 5.87. The SMILES string of the molecule is CCCCCCCCCCCCCCOC(C)[N+](C)(C)C. The van der Waals surface area contributed by atoms with Crippen LogP contribution in [-0.2, 0) is 4.74 Å². The van der Waals surface area contributed by atoms with E-state index < -0.39 is 0 Å². The van der Waals surface area contributed by atoms with E-state index in [1.165, 1.54) is 77.0 Å². The molecule has 0 saturated heterocycles. The third kappa shape index (κ3) is 14.6. The van der Waals surface area contributed by atoms with Crippen LogP contribution in [-0.4, -0.2) is 38.5 Å². The Morgan fingerprint density at radius 3 is 1.43 bits per heavy atom. The minimum absolute atomic E-state index is 0.303. The highest BCUT2D eigenvalue weighted by Gasteiger charge is 2.17. The van der Waals surface area contributed by atoms with E-state index in [-0.39, 0.29) is 0 Å². The number of ether oxygens (including phenoxy) is 1. The fraction of sp³-hybridized carbons (Fsp3) is 1.00. The first kappa shape index (κ1) is 20.9. The van der Waals surface area contributed by atoms with E-state index in [1.807, 2.05) is 0 Å². The molecule has 0 aromatic carbocycles. The van der Waals surface area contributed by atoms with Crippen LogP contribution in [0.25, 0.3) is 0 Å². The average Bonchev–Trinajstić information content (AvgIpc) is 2.42. The van der Waals surface area contributed by atoms with Gasteiger partial charge in [0.2, 0.25) is 0 Å². The van der Waals surface area contributed by atoms with Crippen LogP contribution in [0.15, 0.2) is 0 Å². The van der Waals surface area contributed by atoms with E-state index in [2.05, 4.69) is 35.0 Å². The predicted octanol–water partition coefficient (Wildman–Crippen LogP) is 5.76. The monoisotopic (exact) mass is 300 g/mol. The lowest BCUT2D eigenvalue weighted by Crippen LogP contribution is -2.44. The van der Waals surface area contributed by atoms with E-state index in [4.69, 9.17) is 4.74 Å². The zero-order chi connectivity index (χ0) is 16.0. The van der Waals surface area contributed by atoms with Crippen molar-refractivity contribution in [1.82, 2.24) is 0 Å². The summed E-state index contributed by atoms with van der Waals surface area (Å²) >= 11 is 0. The summed E-state index contributed by atoms with van der Waals surface area (Å²) in [4.78, 5) is 0. The zero-order valence-electron chi connectivity index (χ0n) is 15.6. The highest BCUT2D eigenvalue weighted by Crippen LogP contribution is 2.12. The lowest BCUT2D eigenvalue weighted by Gasteiger charge is -2.31. The highest BCUT2D eigenvalue weighted by molar-refractivity contribution is 4.48. The normalized spacial score (nSPS) is 13.6. The molecule has 0 aliphatic carbocycles. The topological polar surface area (TPSA) is 9.23 Å². The molecule has 0 N–H and O–H groups in total. The molecular weight excluding hydrogens is 258 g/mol. The van der Waals surface area contributed by atoms with Crippen molar-refractivity contribution in [3.05, 3.63) is 0 Å². The van der Waals surface area contributed by atoms with Gasteiger partial charge in [-0.2, -0.15) is 0 Å². The summed E-state index contributed by atoms with van der Waals surface area (Å²) in [5, 5.41) is 0. The Labute approximate surface area is 134 Å². The number of rotatable bonds is 15. The van der Waals surface area contributed by atoms with Crippen LogP contribution in [0, 0.1) is 0 Å². The Hall–Kier alpha value is -0.0800. The molecule has 2 nitrogen and oxygen atoms in total. The number of quaternary nitrogens is 1. The van der Waals surface area contributed by atoms with Crippen LogP contribution >= 0.6 is 0 Å². The first-order valence-corrected chi connectivity index (χ1v) is 9.41. The predicted molar refractivity (Wildman–Crippen MR) is 94.5 cm³/mol. The van der Waals surface area contributed by atoms with Crippen molar-refractivity contribution in [2.45, 2.75) is 97.1 Å². The molecule has 0 aromatic heterocycles. The average molecular weight is 301 g/mol. The quantitative estimate of drug-likeness (QED) is 0.212. The molecule has 0 rings (SSSR count). The first-order chi connectivity index (χ1) is 9.98. The number of hydrogen-bond acceptors (Lipinski definition) is 1. The Kier molecular flexibility index (Phi) is 13.5. The molecule has 0 spiro atoms. The van der Waals surface area contributed by atoms with Crippen molar-refractivity contribution in [2.75, 3.05) is 27.7 Å². The molecule has 1 unspecified atom stereocenters. The Morgan fingerprint density at radius 2 is 1.05 bits per heavy atom. The van der Waals surface area contributed by atoms with Crippen molar-refractivity contribution in [1.29, 1.82) is 0 Å². The van der Waals surface area contributed by atoms with E-state index in [9.17, 15) is 0 Å². The molecule has 128 valence electrons. The van der Waals surface area contributed by atoms with Crippen molar-refractivity contribution in [3.8, 4) is 0 Å². The van der Waals surface area contributed by atoms with Gasteiger partial charge in [-0.1, -0.05) is 77.6 Å². The molecule has 0 heterocycles. The third-order valence-electron chi connectivity index (χ3n) is 4.45. The van der Waals surface area contributed by atoms with Gasteiger partial charge in [0.25, 0.3) is 0 Å². The second-order valence-electron chi connectivity index (χ2n) is 7.48. The highest BCUT2D eigenvalue weighted by atomic mass is 16.5. The molecule has 0 radical (unpaired) electrons. The van der Waals surface area contributed by atoms with Crippen LogP contribution in [0.2, 0.25) is 0 Å². The van der Waals surface area contributed by atoms with Crippen LogP contribution in [0.5, 0.6) is 0 Å². The van der Waals surface area contributed by atoms with Gasteiger partial charge in [-0.15, -0.1) is 0 Å². The van der Waals surface area contributed by atoms with Gasteiger partial charge in [-0.05, 0) is 6.42 Å². The summed E-state index contributed by atoms with van der Waals surface area (Å²) in [6.45, 7) is 5.38. The molecule has 1 atom stereocenters. The summed E-state index contributed by atoms with van der Waals surface area (Å²) in [5.74, 6) is 0. The fourth-order valence-electron chi connectivity index (χ4n) is 2.42. The Balaban J connectivity index is 3.13. The molecule has 0 aliphatic rings. The summed E-state index contributed by atoms with van der Waals surface area (Å²) in [7, 11) is 6.56. The Bertz CT molecular complexity index is 210. The largest absolute Gasteiger partial charge is 0.329 e. The van der Waals surface area contributed by atoms with Crippen LogP contribution in [0.1, 0.15) is 90.9 Å². The van der Waals surface area contributed by atoms with Gasteiger partial charge in [0.1, 0.15) is 0 Å². The standard InChI is InChI=1S/C19H42NO/c1-6-7-8-9-10-11-12-13-14-15-16-17-18-21-19(2)20(3,4)5/h19H,6-18H2,1-5H3/q+1. The fourth-order valence-corrected chi connectivity index (χ4v) is 2.42. The van der Waals surface area contributed by atoms with Crippen LogP contribution in [0.3, 0.4) is 0 Å². The number of hydrogen-bond donors (Lipinski definition) is 0. The van der Waals surface area contributed by atoms with E-state index in [1.54, 1.807) is 0 Å². The summed E-state index contributed by atoms with van der Waals surface area (Å²) in [6, 6.07) is 0.